The summed E-state index contributed by atoms with van der Waals surface area (Å²) in [6, 6.07) is 17.4. The molecule has 0 fully saturated rings. The number of fused-ring (bicyclic) bond motifs is 3. The molecule has 0 saturated heterocycles. The second-order valence-electron chi connectivity index (χ2n) is 6.32. The van der Waals surface area contributed by atoms with Crippen molar-refractivity contribution >= 4 is 28.6 Å². The minimum atomic E-state index is -0.214. The van der Waals surface area contributed by atoms with Crippen molar-refractivity contribution in [3.8, 4) is 6.07 Å². The lowest BCUT2D eigenvalue weighted by Crippen LogP contribution is -2.36. The van der Waals surface area contributed by atoms with Crippen LogP contribution in [-0.2, 0) is 0 Å². The molecule has 4 rings (SSSR count). The molecule has 2 N–H and O–H groups in total. The smallest absolute Gasteiger partial charge is 0.265 e. The molecule has 27 heavy (non-hydrogen) atoms. The Balaban J connectivity index is 1.90. The van der Waals surface area contributed by atoms with Gasteiger partial charge in [-0.15, -0.1) is 0 Å². The maximum atomic E-state index is 13.1. The number of rotatable bonds is 3. The second-order valence-corrected chi connectivity index (χ2v) is 6.32. The van der Waals surface area contributed by atoms with Gasteiger partial charge < -0.3 is 10.9 Å². The van der Waals surface area contributed by atoms with Crippen LogP contribution in [-0.4, -0.2) is 9.38 Å². The molecule has 0 amide bonds. The molecule has 0 spiro atoms. The number of nitriles is 1. The van der Waals surface area contributed by atoms with Gasteiger partial charge >= 0.3 is 0 Å². The summed E-state index contributed by atoms with van der Waals surface area (Å²) in [6.07, 6.45) is 1.60. The van der Waals surface area contributed by atoms with Gasteiger partial charge in [0.05, 0.1) is 27.5 Å². The fourth-order valence-corrected chi connectivity index (χ4v) is 3.19. The average Bonchev–Trinajstić information content (AvgIpc) is 3.05. The molecule has 2 heterocycles. The van der Waals surface area contributed by atoms with Crippen LogP contribution < -0.4 is 21.6 Å². The first-order valence-electron chi connectivity index (χ1n) is 8.53. The molecule has 0 aliphatic heterocycles. The van der Waals surface area contributed by atoms with E-state index < -0.39 is 0 Å². The monoisotopic (exact) mass is 355 g/mol. The highest BCUT2D eigenvalue weighted by molar-refractivity contribution is 5.82. The van der Waals surface area contributed by atoms with E-state index in [1.165, 1.54) is 4.40 Å². The van der Waals surface area contributed by atoms with Crippen molar-refractivity contribution in [3.63, 3.8) is 0 Å². The zero-order chi connectivity index (χ0) is 19.0. The van der Waals surface area contributed by atoms with Crippen molar-refractivity contribution in [2.75, 3.05) is 5.43 Å². The van der Waals surface area contributed by atoms with Gasteiger partial charge in [-0.25, -0.2) is 4.98 Å². The van der Waals surface area contributed by atoms with E-state index in [4.69, 9.17) is 0 Å². The Labute approximate surface area is 155 Å². The van der Waals surface area contributed by atoms with Crippen molar-refractivity contribution < 1.29 is 0 Å². The van der Waals surface area contributed by atoms with Gasteiger partial charge in [-0.2, -0.15) is 5.26 Å². The number of nitrogens with zero attached hydrogens (tertiary/aromatic N) is 3. The van der Waals surface area contributed by atoms with Crippen molar-refractivity contribution in [1.82, 2.24) is 14.8 Å². The van der Waals surface area contributed by atoms with E-state index in [0.717, 1.165) is 11.3 Å². The molecule has 4 aromatic rings. The average molecular weight is 355 g/mol. The number of anilines is 1. The highest BCUT2D eigenvalue weighted by atomic mass is 16.1. The number of pyridine rings is 1. The highest BCUT2D eigenvalue weighted by Crippen LogP contribution is 2.17. The van der Waals surface area contributed by atoms with Crippen molar-refractivity contribution in [2.24, 2.45) is 0 Å². The summed E-state index contributed by atoms with van der Waals surface area (Å²) < 4.78 is 1.50. The first-order valence-corrected chi connectivity index (χ1v) is 8.53. The largest absolute Gasteiger partial charge is 0.307 e. The van der Waals surface area contributed by atoms with Crippen LogP contribution in [0.15, 0.2) is 53.3 Å². The summed E-state index contributed by atoms with van der Waals surface area (Å²) in [6.45, 7) is 3.76. The van der Waals surface area contributed by atoms with Gasteiger partial charge in [-0.1, -0.05) is 30.3 Å². The minimum Gasteiger partial charge on any atom is -0.307 e. The van der Waals surface area contributed by atoms with E-state index in [9.17, 15) is 10.1 Å². The van der Waals surface area contributed by atoms with Gasteiger partial charge in [0.25, 0.3) is 5.56 Å². The van der Waals surface area contributed by atoms with Crippen LogP contribution in [0.3, 0.4) is 0 Å². The fraction of sp³-hybridized carbons (Fsp3) is 0.0952. The topological polar surface area (TPSA) is 82.2 Å². The summed E-state index contributed by atoms with van der Waals surface area (Å²) >= 11 is 0. The van der Waals surface area contributed by atoms with Gasteiger partial charge in [0, 0.05) is 6.20 Å². The van der Waals surface area contributed by atoms with Crippen LogP contribution in [0, 0.1) is 25.2 Å². The maximum absolute atomic E-state index is 13.1. The van der Waals surface area contributed by atoms with Gasteiger partial charge in [0.2, 0.25) is 0 Å². The Morgan fingerprint density at radius 3 is 2.63 bits per heavy atom. The zero-order valence-corrected chi connectivity index (χ0v) is 14.9. The normalized spacial score (nSPS) is 11.7. The van der Waals surface area contributed by atoms with Crippen molar-refractivity contribution in [3.05, 3.63) is 80.8 Å². The lowest BCUT2D eigenvalue weighted by molar-refractivity contribution is 1.06. The lowest BCUT2D eigenvalue weighted by Gasteiger charge is -2.09. The van der Waals surface area contributed by atoms with Crippen molar-refractivity contribution in [2.45, 2.75) is 13.8 Å². The van der Waals surface area contributed by atoms with E-state index in [1.807, 2.05) is 55.5 Å². The van der Waals surface area contributed by atoms with E-state index in [1.54, 1.807) is 13.1 Å². The molecule has 0 aliphatic carbocycles. The summed E-state index contributed by atoms with van der Waals surface area (Å²) in [5, 5.41) is 10.1. The fourth-order valence-electron chi connectivity index (χ4n) is 3.19. The SMILES string of the molecule is Cc1ccccc1NN/C=c1/c(C)c(C#N)c2nc3ccccc3n2c1=O. The summed E-state index contributed by atoms with van der Waals surface area (Å²) in [5.74, 6) is 0. The number of nitrogens with one attached hydrogen (secondary N) is 2. The third kappa shape index (κ3) is 2.66. The standard InChI is InChI=1S/C21H17N5O/c1-13-7-3-4-8-17(13)25-23-12-16-14(2)15(11-22)20-24-18-9-5-6-10-19(18)26(20)21(16)27/h3-10,12,23,25H,1-2H3/b16-12-. The number of aromatic nitrogens is 2. The number of hydrogen-bond acceptors (Lipinski definition) is 5. The molecule has 0 unspecified atom stereocenters. The molecule has 6 heteroatoms. The second kappa shape index (κ2) is 6.46. The summed E-state index contributed by atoms with van der Waals surface area (Å²) in [7, 11) is 0. The van der Waals surface area contributed by atoms with Crippen LogP contribution >= 0.6 is 0 Å². The van der Waals surface area contributed by atoms with Crippen LogP contribution in [0.4, 0.5) is 5.69 Å². The predicted molar refractivity (Wildman–Crippen MR) is 106 cm³/mol. The van der Waals surface area contributed by atoms with E-state index in [2.05, 4.69) is 21.9 Å². The molecular weight excluding hydrogens is 338 g/mol. The predicted octanol–water partition coefficient (Wildman–Crippen LogP) is 2.41. The molecule has 2 aromatic carbocycles. The number of para-hydroxylation sites is 3. The first kappa shape index (κ1) is 16.6. The maximum Gasteiger partial charge on any atom is 0.265 e. The zero-order valence-electron chi connectivity index (χ0n) is 14.9. The molecule has 6 nitrogen and oxygen atoms in total. The van der Waals surface area contributed by atoms with Crippen LogP contribution in [0.25, 0.3) is 22.9 Å². The number of hydrogen-bond donors (Lipinski definition) is 2. The quantitative estimate of drug-likeness (QED) is 0.552. The van der Waals surface area contributed by atoms with Gasteiger partial charge in [-0.05, 0) is 43.2 Å². The molecule has 2 aromatic heterocycles. The molecule has 0 bridgehead atoms. The van der Waals surface area contributed by atoms with Crippen LogP contribution in [0.2, 0.25) is 0 Å². The molecule has 0 saturated carbocycles. The third-order valence-electron chi connectivity index (χ3n) is 4.68. The minimum absolute atomic E-state index is 0.214. The van der Waals surface area contributed by atoms with E-state index in [0.29, 0.717) is 33.0 Å². The van der Waals surface area contributed by atoms with E-state index in [-0.39, 0.29) is 5.56 Å². The number of benzene rings is 2. The van der Waals surface area contributed by atoms with Crippen LogP contribution in [0.5, 0.6) is 0 Å². The molecule has 0 atom stereocenters. The number of imidazole rings is 1. The van der Waals surface area contributed by atoms with Gasteiger partial charge in [0.15, 0.2) is 5.65 Å². The van der Waals surface area contributed by atoms with Crippen molar-refractivity contribution in [1.29, 1.82) is 5.26 Å². The number of hydrazine groups is 1. The lowest BCUT2D eigenvalue weighted by atomic mass is 10.1. The summed E-state index contributed by atoms with van der Waals surface area (Å²) in [4.78, 5) is 17.6. The molecule has 0 radical (unpaired) electrons. The van der Waals surface area contributed by atoms with Gasteiger partial charge in [0.1, 0.15) is 6.07 Å². The first-order chi connectivity index (χ1) is 13.1. The molecule has 132 valence electrons. The Bertz CT molecular complexity index is 1330. The molecular formula is C21H17N5O. The van der Waals surface area contributed by atoms with Crippen LogP contribution in [0.1, 0.15) is 16.7 Å². The summed E-state index contributed by atoms with van der Waals surface area (Å²) in [5.41, 5.74) is 10.6. The number of aryl methyl sites for hydroxylation is 1. The third-order valence-corrected chi connectivity index (χ3v) is 4.68. The Kier molecular flexibility index (Phi) is 3.98. The Morgan fingerprint density at radius 1 is 1.11 bits per heavy atom. The Morgan fingerprint density at radius 2 is 1.85 bits per heavy atom. The molecule has 0 aliphatic rings. The Hall–Kier alpha value is -3.85. The van der Waals surface area contributed by atoms with E-state index >= 15 is 0 Å². The van der Waals surface area contributed by atoms with Gasteiger partial charge in [-0.3, -0.25) is 9.20 Å². The highest BCUT2D eigenvalue weighted by Gasteiger charge is 2.15.